The molecule has 0 fully saturated rings. The van der Waals surface area contributed by atoms with Gasteiger partial charge in [-0.3, -0.25) is 14.4 Å². The second kappa shape index (κ2) is 8.93. The number of halogens is 1. The van der Waals surface area contributed by atoms with Gasteiger partial charge in [0.1, 0.15) is 5.92 Å². The molecule has 4 aromatic rings. The number of amides is 1. The summed E-state index contributed by atoms with van der Waals surface area (Å²) < 4.78 is 6.84. The van der Waals surface area contributed by atoms with Gasteiger partial charge in [-0.2, -0.15) is 0 Å². The predicted molar refractivity (Wildman–Crippen MR) is 134 cm³/mol. The van der Waals surface area contributed by atoms with E-state index in [1.165, 1.54) is 4.57 Å². The maximum absolute atomic E-state index is 13.1. The van der Waals surface area contributed by atoms with Crippen LogP contribution in [0.25, 0.3) is 11.1 Å². The average molecular weight is 475 g/mol. The molecule has 1 aliphatic rings. The third-order valence-corrected chi connectivity index (χ3v) is 6.21. The number of aryl methyl sites for hydroxylation is 1. The number of hydrogen-bond acceptors (Lipinski definition) is 5. The summed E-state index contributed by atoms with van der Waals surface area (Å²) in [5, 5.41) is 6.76. The molecule has 3 aromatic carbocycles. The molecule has 1 atom stereocenters. The highest BCUT2D eigenvalue weighted by Crippen LogP contribution is 2.38. The van der Waals surface area contributed by atoms with E-state index in [1.54, 1.807) is 31.3 Å². The molecule has 0 saturated carbocycles. The van der Waals surface area contributed by atoms with Crippen LogP contribution in [0.5, 0.6) is 0 Å². The molecule has 1 amide bonds. The van der Waals surface area contributed by atoms with Crippen molar-refractivity contribution >= 4 is 45.7 Å². The molecule has 1 unspecified atom stereocenters. The van der Waals surface area contributed by atoms with Crippen molar-refractivity contribution in [2.24, 2.45) is 12.0 Å². The maximum Gasteiger partial charge on any atom is 0.419 e. The van der Waals surface area contributed by atoms with E-state index in [-0.39, 0.29) is 5.91 Å². The highest BCUT2D eigenvalue weighted by Gasteiger charge is 2.35. The van der Waals surface area contributed by atoms with Gasteiger partial charge in [0.15, 0.2) is 5.58 Å². The lowest BCUT2D eigenvalue weighted by Gasteiger charge is -2.14. The zero-order chi connectivity index (χ0) is 23.8. The van der Waals surface area contributed by atoms with Crippen molar-refractivity contribution in [3.8, 4) is 0 Å². The van der Waals surface area contributed by atoms with Crippen LogP contribution in [0.15, 0.2) is 74.9 Å². The molecule has 172 valence electrons. The average Bonchev–Trinajstić information content (AvgIpc) is 3.30. The van der Waals surface area contributed by atoms with Gasteiger partial charge in [0.2, 0.25) is 5.91 Å². The highest BCUT2D eigenvalue weighted by molar-refractivity contribution is 6.31. The summed E-state index contributed by atoms with van der Waals surface area (Å²) in [4.78, 5) is 30.0. The molecule has 8 heteroatoms. The van der Waals surface area contributed by atoms with Crippen molar-refractivity contribution < 1.29 is 9.21 Å². The first-order chi connectivity index (χ1) is 16.4. The van der Waals surface area contributed by atoms with Crippen molar-refractivity contribution in [2.75, 3.05) is 11.9 Å². The minimum atomic E-state index is -0.637. The zero-order valence-corrected chi connectivity index (χ0v) is 19.5. The third-order valence-electron chi connectivity index (χ3n) is 5.97. The number of oxazole rings is 1. The van der Waals surface area contributed by atoms with Gasteiger partial charge in [-0.05, 0) is 54.1 Å². The van der Waals surface area contributed by atoms with Crippen LogP contribution in [0, 0.1) is 0 Å². The molecule has 0 bridgehead atoms. The first kappa shape index (κ1) is 22.1. The van der Waals surface area contributed by atoms with E-state index in [2.05, 4.69) is 17.6 Å². The van der Waals surface area contributed by atoms with E-state index in [4.69, 9.17) is 21.0 Å². The van der Waals surface area contributed by atoms with Gasteiger partial charge in [-0.15, -0.1) is 0 Å². The number of fused-ring (bicyclic) bond motifs is 2. The van der Waals surface area contributed by atoms with Gasteiger partial charge in [0, 0.05) is 29.9 Å². The number of benzene rings is 3. The summed E-state index contributed by atoms with van der Waals surface area (Å²) in [5.74, 6) is -1.27. The molecular weight excluding hydrogens is 452 g/mol. The summed E-state index contributed by atoms with van der Waals surface area (Å²) in [7, 11) is 1.65. The van der Waals surface area contributed by atoms with E-state index >= 15 is 0 Å². The van der Waals surface area contributed by atoms with Crippen molar-refractivity contribution in [2.45, 2.75) is 19.4 Å². The number of aromatic nitrogens is 1. The molecule has 0 radical (unpaired) electrons. The highest BCUT2D eigenvalue weighted by atomic mass is 35.5. The summed E-state index contributed by atoms with van der Waals surface area (Å²) in [5.41, 5.74) is 5.70. The molecule has 2 N–H and O–H groups in total. The largest absolute Gasteiger partial charge is 0.419 e. The Hall–Kier alpha value is -3.68. The molecule has 1 aromatic heterocycles. The minimum absolute atomic E-state index is 0.186. The van der Waals surface area contributed by atoms with Crippen LogP contribution in [0.4, 0.5) is 11.4 Å². The lowest BCUT2D eigenvalue weighted by molar-refractivity contribution is -0.115. The number of carbonyl (C=O) groups excluding carboxylic acids is 1. The molecule has 0 spiro atoms. The molecule has 5 rings (SSSR count). The second-order valence-corrected chi connectivity index (χ2v) is 8.64. The van der Waals surface area contributed by atoms with Crippen molar-refractivity contribution in [3.05, 3.63) is 92.9 Å². The fourth-order valence-electron chi connectivity index (χ4n) is 4.19. The van der Waals surface area contributed by atoms with Crippen molar-refractivity contribution in [1.82, 2.24) is 9.88 Å². The van der Waals surface area contributed by atoms with Gasteiger partial charge in [0.05, 0.1) is 16.9 Å². The molecule has 1 aliphatic heterocycles. The molecular formula is C26H23ClN4O3. The van der Waals surface area contributed by atoms with Gasteiger partial charge in [-0.25, -0.2) is 4.79 Å². The number of hydrogen-bond donors (Lipinski definition) is 2. The monoisotopic (exact) mass is 474 g/mol. The second-order valence-electron chi connectivity index (χ2n) is 8.21. The fraction of sp³-hybridized carbons (Fsp3) is 0.192. The molecule has 0 aliphatic carbocycles. The minimum Gasteiger partial charge on any atom is -0.408 e. The lowest BCUT2D eigenvalue weighted by Crippen LogP contribution is -2.22. The van der Waals surface area contributed by atoms with Crippen molar-refractivity contribution in [1.29, 1.82) is 0 Å². The summed E-state index contributed by atoms with van der Waals surface area (Å²) in [6, 6.07) is 18.7. The third kappa shape index (κ3) is 4.04. The number of aliphatic imine (C=N–C) groups is 1. The standard InChI is InChI=1S/C26H23ClN4O3/c1-3-28-14-15-4-8-18(9-5-15)29-24(16-6-11-21-22(12-16)34-26(33)31(21)2)23-19-10-7-17(27)13-20(19)30-25(23)32/h4-13,23,28H,3,14H2,1-2H3,(H,30,32). The van der Waals surface area contributed by atoms with Crippen LogP contribution in [0.2, 0.25) is 5.02 Å². The smallest absolute Gasteiger partial charge is 0.408 e. The number of anilines is 1. The topological polar surface area (TPSA) is 88.6 Å². The normalized spacial score (nSPS) is 15.6. The van der Waals surface area contributed by atoms with Crippen LogP contribution in [0.3, 0.4) is 0 Å². The van der Waals surface area contributed by atoms with Gasteiger partial charge >= 0.3 is 5.76 Å². The Morgan fingerprint density at radius 2 is 1.91 bits per heavy atom. The number of carbonyl (C=O) groups is 1. The van der Waals surface area contributed by atoms with Crippen LogP contribution in [-0.4, -0.2) is 22.7 Å². The van der Waals surface area contributed by atoms with E-state index in [0.29, 0.717) is 33.1 Å². The van der Waals surface area contributed by atoms with Crippen LogP contribution in [-0.2, 0) is 18.4 Å². The Morgan fingerprint density at radius 3 is 2.68 bits per heavy atom. The zero-order valence-electron chi connectivity index (χ0n) is 18.8. The van der Waals surface area contributed by atoms with Crippen LogP contribution < -0.4 is 16.4 Å². The Bertz CT molecular complexity index is 1480. The Morgan fingerprint density at radius 1 is 1.12 bits per heavy atom. The Balaban J connectivity index is 1.64. The van der Waals surface area contributed by atoms with E-state index in [1.807, 2.05) is 36.4 Å². The lowest BCUT2D eigenvalue weighted by atomic mass is 9.90. The molecule has 34 heavy (non-hydrogen) atoms. The fourth-order valence-corrected chi connectivity index (χ4v) is 4.36. The first-order valence-electron chi connectivity index (χ1n) is 11.0. The summed E-state index contributed by atoms with van der Waals surface area (Å²) >= 11 is 6.15. The molecule has 7 nitrogen and oxygen atoms in total. The number of nitrogens with one attached hydrogen (secondary N) is 2. The van der Waals surface area contributed by atoms with Crippen molar-refractivity contribution in [3.63, 3.8) is 0 Å². The summed E-state index contributed by atoms with van der Waals surface area (Å²) in [6.07, 6.45) is 0. The number of nitrogens with zero attached hydrogens (tertiary/aromatic N) is 2. The Labute approximate surface area is 201 Å². The van der Waals surface area contributed by atoms with E-state index in [9.17, 15) is 9.59 Å². The van der Waals surface area contributed by atoms with E-state index < -0.39 is 11.7 Å². The summed E-state index contributed by atoms with van der Waals surface area (Å²) in [6.45, 7) is 3.73. The molecule has 2 heterocycles. The maximum atomic E-state index is 13.1. The van der Waals surface area contributed by atoms with Gasteiger partial charge in [-0.1, -0.05) is 42.8 Å². The predicted octanol–water partition coefficient (Wildman–Crippen LogP) is 4.75. The van der Waals surface area contributed by atoms with E-state index in [0.717, 1.165) is 29.9 Å². The van der Waals surface area contributed by atoms with Crippen LogP contribution in [0.1, 0.15) is 29.5 Å². The SMILES string of the molecule is CCNCc1ccc(N=C(c2ccc3c(c2)oc(=O)n3C)C2C(=O)Nc3cc(Cl)ccc32)cc1. The Kier molecular flexibility index (Phi) is 5.81. The number of rotatable bonds is 6. The first-order valence-corrected chi connectivity index (χ1v) is 11.4. The van der Waals surface area contributed by atoms with Gasteiger partial charge in [0.25, 0.3) is 0 Å². The van der Waals surface area contributed by atoms with Crippen LogP contribution >= 0.6 is 11.6 Å². The quantitative estimate of drug-likeness (QED) is 0.395. The van der Waals surface area contributed by atoms with Gasteiger partial charge < -0.3 is 15.1 Å². The molecule has 0 saturated heterocycles.